The number of carbonyl (C=O) groups excluding carboxylic acids is 13. The third kappa shape index (κ3) is 134. The molecule has 2 N–H and O–H groups in total. The molecule has 0 bridgehead atoms. The van der Waals surface area contributed by atoms with Crippen LogP contribution in [-0.4, -0.2) is 172 Å². The van der Waals surface area contributed by atoms with Gasteiger partial charge >= 0.3 is 35.8 Å². The highest BCUT2D eigenvalue weighted by Crippen LogP contribution is 2.29. The van der Waals surface area contributed by atoms with Crippen LogP contribution in [0.3, 0.4) is 0 Å². The van der Waals surface area contributed by atoms with Gasteiger partial charge in [-0.05, 0) is 182 Å². The summed E-state index contributed by atoms with van der Waals surface area (Å²) in [4.78, 5) is 145. The lowest BCUT2D eigenvalue weighted by Gasteiger charge is -2.26. The first-order valence-electron chi connectivity index (χ1n) is 49.5. The molecule has 146 heavy (non-hydrogen) atoms. The molecule has 0 fully saturated rings. The molecule has 1 aromatic rings. The molecule has 840 valence electrons. The van der Waals surface area contributed by atoms with Gasteiger partial charge in [0.05, 0.1) is 80.6 Å². The molecule has 0 amide bonds. The van der Waals surface area contributed by atoms with Crippen LogP contribution in [0, 0.1) is 84.3 Å². The van der Waals surface area contributed by atoms with Gasteiger partial charge in [0.25, 0.3) is 0 Å². The number of hydrogen-bond acceptors (Lipinski definition) is 24. The van der Waals surface area contributed by atoms with E-state index in [1.807, 2.05) is 227 Å². The first kappa shape index (κ1) is 161. The maximum Gasteiger partial charge on any atom is 0.336 e. The molecule has 0 saturated heterocycles. The van der Waals surface area contributed by atoms with E-state index in [1.54, 1.807) is 51.2 Å². The average Bonchev–Trinajstić information content (AvgIpc) is 1.28. The molecule has 0 saturated carbocycles. The van der Waals surface area contributed by atoms with Crippen molar-refractivity contribution in [2.24, 2.45) is 59.6 Å². The number of allylic oxidation sites excluding steroid dienone is 5. The quantitative estimate of drug-likeness (QED) is 0.0129. The largest absolute Gasteiger partial charge is 0.463 e. The third-order valence-corrected chi connectivity index (χ3v) is 15.8. The van der Waals surface area contributed by atoms with E-state index in [0.717, 1.165) is 29.6 Å². The van der Waals surface area contributed by atoms with E-state index in [4.69, 9.17) is 46.0 Å². The van der Waals surface area contributed by atoms with E-state index in [-0.39, 0.29) is 155 Å². The number of Topliss-reactive ketones (excluding diaryl/α,β-unsaturated/α-hetero) is 4. The maximum absolute atomic E-state index is 11.2. The van der Waals surface area contributed by atoms with Crippen LogP contribution in [0.15, 0.2) is 141 Å². The monoisotopic (exact) mass is 2060 g/mol. The van der Waals surface area contributed by atoms with Crippen molar-refractivity contribution in [3.63, 3.8) is 0 Å². The number of esters is 6. The fraction of sp³-hybridized carbons (Fsp3) is 0.653. The average molecular weight is 2060 g/mol. The van der Waals surface area contributed by atoms with E-state index < -0.39 is 30.1 Å². The highest BCUT2D eigenvalue weighted by Gasteiger charge is 2.30. The molecule has 25 nitrogen and oxygen atoms in total. The number of hydrogen-bond donors (Lipinski definition) is 2. The summed E-state index contributed by atoms with van der Waals surface area (Å²) in [6, 6.07) is 0. The molecule has 0 aliphatic carbocycles. The van der Waals surface area contributed by atoms with Crippen LogP contribution >= 0.6 is 0 Å². The normalized spacial score (nSPS) is 11.7. The molecular weight excluding hydrogens is 1850 g/mol. The molecule has 0 aliphatic rings. The Kier molecular flexibility index (Phi) is 88.1. The second kappa shape index (κ2) is 79.9. The van der Waals surface area contributed by atoms with Crippen molar-refractivity contribution in [2.75, 3.05) is 46.2 Å². The number of ketones is 7. The minimum Gasteiger partial charge on any atom is -0.463 e. The van der Waals surface area contributed by atoms with Gasteiger partial charge in [0.1, 0.15) is 30.1 Å². The fourth-order valence-electron chi connectivity index (χ4n) is 9.37. The number of carbonyl (C=O) groups is 13. The van der Waals surface area contributed by atoms with E-state index in [1.165, 1.54) is 32.1 Å². The fourth-order valence-corrected chi connectivity index (χ4v) is 9.37. The van der Waals surface area contributed by atoms with Crippen molar-refractivity contribution in [3.8, 4) is 24.7 Å². The molecule has 25 heteroatoms. The predicted molar refractivity (Wildman–Crippen MR) is 604 cm³/mol. The number of aromatic nitrogens is 2. The summed E-state index contributed by atoms with van der Waals surface area (Å²) in [6.07, 6.45) is 29.2. The van der Waals surface area contributed by atoms with Crippen LogP contribution in [0.25, 0.3) is 6.08 Å². The highest BCUT2D eigenvalue weighted by atomic mass is 16.6. The standard InChI is InChI=1S/C10H16N2.3C10H18O3.C10H16O2.2C10H18O.C10H16O.C9H16O3.2C8H14O2.C8H14O.C8H12O/c1-5-9-11-6-7-12(9)8-10(2,3)4;1-6-12-9(11)8(2)7-13-10(3,4)5;1-6-13-9(12)7(2)8(11)10(3,4)5;1-5-12-9(11)7-6-8-13-10(2,3)4;1-6-8(10(3,4)5)12-9(11)7-2;2*1-8(2)6-9(11)7-10(3,4)5;1-6-8(2)9(11)7-10(3,4)5;1-7(10)12-6-8(11)5-9(2,3)4;1-6(9)5-7(10)8(2,3)4;1-5-7(9)10-6-8(2,3)4;2*1-5-7(9)6-8(2,3)4/h5-7H,1,8H2,2-4H3;2,6-7H2,1,3-5H3;8,11H,2,6H2,1,3-5H3;6-7H,5,8H2,1-4H3;6-8H,1-2H2,3-5H3;2*6H,7H2,1-5H3;1,9,11H,2,7H2,3-5H3;5-6H2,1-4H3;5H2,1-4H3;5H,1,6H2,2-4H3;5H,1,6H2,2-4H3;1H,6H2,2-4H3/b;;;7-6+;;;;;;;;;. The number of aliphatic hydroxyl groups excluding tert-OH is 2. The summed E-state index contributed by atoms with van der Waals surface area (Å²) in [5.74, 6) is 3.40. The lowest BCUT2D eigenvalue weighted by atomic mass is 9.85. The summed E-state index contributed by atoms with van der Waals surface area (Å²) >= 11 is 0. The van der Waals surface area contributed by atoms with Crippen molar-refractivity contribution in [2.45, 2.75) is 413 Å². The minimum absolute atomic E-state index is 0.0139. The third-order valence-electron chi connectivity index (χ3n) is 15.8. The molecule has 1 heterocycles. The molecule has 1 rings (SSSR count). The van der Waals surface area contributed by atoms with Crippen LogP contribution in [0.2, 0.25) is 0 Å². The second-order valence-corrected chi connectivity index (χ2v) is 49.7. The van der Waals surface area contributed by atoms with Crippen molar-refractivity contribution >= 4 is 82.4 Å². The van der Waals surface area contributed by atoms with Crippen molar-refractivity contribution in [1.82, 2.24) is 9.55 Å². The molecule has 0 aliphatic heterocycles. The van der Waals surface area contributed by atoms with Gasteiger partial charge in [-0.2, -0.15) is 0 Å². The number of imidazole rings is 1. The Bertz CT molecular complexity index is 4230. The van der Waals surface area contributed by atoms with Crippen molar-refractivity contribution in [3.05, 3.63) is 147 Å². The van der Waals surface area contributed by atoms with Gasteiger partial charge in [-0.1, -0.05) is 310 Å². The molecular formula is C121H208N2O23. The Balaban J connectivity index is -0.000000133. The molecule has 3 atom stereocenters. The van der Waals surface area contributed by atoms with Crippen LogP contribution in [0.1, 0.15) is 383 Å². The van der Waals surface area contributed by atoms with E-state index in [9.17, 15) is 72.5 Å². The first-order valence-corrected chi connectivity index (χ1v) is 49.5. The molecule has 0 radical (unpaired) electrons. The van der Waals surface area contributed by atoms with Crippen LogP contribution < -0.4 is 0 Å². The molecule has 0 aromatic carbocycles. The van der Waals surface area contributed by atoms with Gasteiger partial charge in [-0.15, -0.1) is 12.8 Å². The van der Waals surface area contributed by atoms with Crippen LogP contribution in [0.4, 0.5) is 0 Å². The lowest BCUT2D eigenvalue weighted by molar-refractivity contribution is -0.146. The minimum atomic E-state index is -0.855. The Morgan fingerprint density at radius 2 is 0.856 bits per heavy atom. The molecule has 1 aromatic heterocycles. The lowest BCUT2D eigenvalue weighted by Crippen LogP contribution is -2.31. The van der Waals surface area contributed by atoms with Gasteiger partial charge in [-0.25, -0.2) is 29.0 Å². The van der Waals surface area contributed by atoms with Gasteiger partial charge in [0.2, 0.25) is 5.78 Å². The highest BCUT2D eigenvalue weighted by molar-refractivity contribution is 6.00. The van der Waals surface area contributed by atoms with E-state index in [2.05, 4.69) is 162 Å². The molecule has 0 spiro atoms. The van der Waals surface area contributed by atoms with Crippen molar-refractivity contribution < 1.29 is 110 Å². The number of ether oxygens (including phenoxy) is 8. The van der Waals surface area contributed by atoms with E-state index >= 15 is 0 Å². The number of nitrogens with zero attached hydrogens (tertiary/aromatic N) is 2. The number of rotatable bonds is 32. The number of aliphatic hydroxyl groups is 2. The smallest absolute Gasteiger partial charge is 0.336 e. The predicted octanol–water partition coefficient (Wildman–Crippen LogP) is 26.8. The summed E-state index contributed by atoms with van der Waals surface area (Å²) in [6.45, 7) is 125. The Labute approximate surface area is 888 Å². The summed E-state index contributed by atoms with van der Waals surface area (Å²) < 4.78 is 41.4. The first-order chi connectivity index (χ1) is 65.1. The molecule has 3 unspecified atom stereocenters. The van der Waals surface area contributed by atoms with Crippen LogP contribution in [-0.2, 0) is 107 Å². The van der Waals surface area contributed by atoms with Gasteiger partial charge < -0.3 is 52.7 Å². The zero-order valence-electron chi connectivity index (χ0n) is 101. The summed E-state index contributed by atoms with van der Waals surface area (Å²) in [5.41, 5.74) is 2.59. The second-order valence-electron chi connectivity index (χ2n) is 49.7. The topological polar surface area (TPSA) is 354 Å². The summed E-state index contributed by atoms with van der Waals surface area (Å²) in [7, 11) is 0. The van der Waals surface area contributed by atoms with Gasteiger partial charge in [-0.3, -0.25) is 38.4 Å². The number of terminal acetylenes is 2. The van der Waals surface area contributed by atoms with Crippen molar-refractivity contribution in [1.29, 1.82) is 0 Å². The van der Waals surface area contributed by atoms with Gasteiger partial charge in [0, 0.05) is 92.6 Å². The Morgan fingerprint density at radius 1 is 0.452 bits per heavy atom. The SMILES string of the molecule is C#CC(=C)C(O)CC(C)(C)C.C#CC(=O)CC(C)(C)C.C=C(C(=O)OCC)C(O)C(C)(C)C.C=C(COC(C)(C)C)C(=O)OCC.C=CC(=O)CC(C)(C)C.C=CC(=O)OC(C=C)C(C)(C)C.C=CC(=O)OCC(C)(C)C.C=Cc1nccn1CC(C)(C)C.CC(=O)CC(=O)C(C)(C)C.CC(=O)OCC(=O)CC(C)(C)C.CC(C)=CC(=O)CC(C)(C)C.CC(C)=CC(=O)CC(C)(C)C.CCOC(=O)/C=C/COC(C)(C)C. The van der Waals surface area contributed by atoms with Gasteiger partial charge in [0.15, 0.2) is 23.1 Å². The zero-order valence-corrected chi connectivity index (χ0v) is 101. The Hall–Kier alpha value is -10.2. The van der Waals surface area contributed by atoms with E-state index in [0.29, 0.717) is 88.1 Å². The summed E-state index contributed by atoms with van der Waals surface area (Å²) in [5, 5.41) is 19.1. The zero-order chi connectivity index (χ0) is 119. The van der Waals surface area contributed by atoms with Crippen LogP contribution in [0.5, 0.6) is 0 Å². The maximum atomic E-state index is 11.2. The Morgan fingerprint density at radius 3 is 1.13 bits per heavy atom.